The van der Waals surface area contributed by atoms with Gasteiger partial charge in [0.2, 0.25) is 0 Å². The number of nitrogens with zero attached hydrogens (tertiary/aromatic N) is 3. The van der Waals surface area contributed by atoms with E-state index in [2.05, 4.69) is 31.5 Å². The number of aromatic nitrogens is 3. The van der Waals surface area contributed by atoms with Gasteiger partial charge in [0, 0.05) is 30.9 Å². The van der Waals surface area contributed by atoms with Gasteiger partial charge in [-0.25, -0.2) is 4.98 Å². The minimum Gasteiger partial charge on any atom is -0.384 e. The molecule has 1 fully saturated rings. The Morgan fingerprint density at radius 1 is 1.45 bits per heavy atom. The van der Waals surface area contributed by atoms with Crippen LogP contribution in [0.1, 0.15) is 12.0 Å². The predicted octanol–water partition coefficient (Wildman–Crippen LogP) is 1.16. The molecule has 4 N–H and O–H groups in total. The maximum Gasteiger partial charge on any atom is 0.126 e. The maximum atomic E-state index is 5.96. The number of nitrogens with two attached hydrogens (primary N) is 1. The first kappa shape index (κ1) is 12.9. The molecule has 3 rings (SSSR count). The van der Waals surface area contributed by atoms with Gasteiger partial charge in [0.25, 0.3) is 0 Å². The average Bonchev–Trinajstić information content (AvgIpc) is 3.06. The van der Waals surface area contributed by atoms with Crippen molar-refractivity contribution in [2.24, 2.45) is 0 Å². The Labute approximate surface area is 118 Å². The van der Waals surface area contributed by atoms with Gasteiger partial charge in [-0.1, -0.05) is 0 Å². The van der Waals surface area contributed by atoms with Crippen molar-refractivity contribution in [1.29, 1.82) is 0 Å². The van der Waals surface area contributed by atoms with Crippen LogP contribution in [0.25, 0.3) is 11.4 Å². The fraction of sp³-hybridized carbons (Fsp3) is 0.429. The minimum atomic E-state index is 0.541. The van der Waals surface area contributed by atoms with E-state index in [0.29, 0.717) is 11.9 Å². The molecule has 3 heterocycles. The monoisotopic (exact) mass is 272 g/mol. The zero-order valence-electron chi connectivity index (χ0n) is 11.8. The first-order valence-corrected chi connectivity index (χ1v) is 6.87. The van der Waals surface area contributed by atoms with E-state index in [4.69, 9.17) is 5.73 Å². The van der Waals surface area contributed by atoms with E-state index < -0.39 is 0 Å². The summed E-state index contributed by atoms with van der Waals surface area (Å²) in [4.78, 5) is 6.75. The standard InChI is InChI=1S/C14H20N6/c1-9-7-17-19-14(9)12-5-11(6-13(15)18-12)20-4-3-10(8-20)16-2/h5-7,10,16H,3-4,8H2,1-2H3,(H2,15,18)(H,17,19)/t10-/m1/s1. The molecule has 0 aromatic carbocycles. The number of aromatic amines is 1. The molecular formula is C14H20N6. The number of likely N-dealkylation sites (N-methyl/N-ethyl adjacent to an activating group) is 1. The van der Waals surface area contributed by atoms with Gasteiger partial charge in [-0.05, 0) is 32.0 Å². The summed E-state index contributed by atoms with van der Waals surface area (Å²) in [6, 6.07) is 4.56. The molecule has 0 unspecified atom stereocenters. The lowest BCUT2D eigenvalue weighted by molar-refractivity contribution is 0.617. The van der Waals surface area contributed by atoms with Gasteiger partial charge >= 0.3 is 0 Å². The van der Waals surface area contributed by atoms with Crippen LogP contribution in [0.15, 0.2) is 18.3 Å². The Kier molecular flexibility index (Phi) is 3.31. The second-order valence-electron chi connectivity index (χ2n) is 5.28. The number of hydrogen-bond acceptors (Lipinski definition) is 5. The molecule has 20 heavy (non-hydrogen) atoms. The summed E-state index contributed by atoms with van der Waals surface area (Å²) in [7, 11) is 2.01. The van der Waals surface area contributed by atoms with Crippen molar-refractivity contribution in [3.63, 3.8) is 0 Å². The van der Waals surface area contributed by atoms with Crippen LogP contribution in [0.4, 0.5) is 11.5 Å². The lowest BCUT2D eigenvalue weighted by Gasteiger charge is -2.19. The number of nitrogen functional groups attached to an aromatic ring is 1. The molecule has 0 spiro atoms. The smallest absolute Gasteiger partial charge is 0.126 e. The largest absolute Gasteiger partial charge is 0.384 e. The summed E-state index contributed by atoms with van der Waals surface area (Å²) in [5, 5.41) is 10.4. The number of nitrogens with one attached hydrogen (secondary N) is 2. The highest BCUT2D eigenvalue weighted by Crippen LogP contribution is 2.27. The topological polar surface area (TPSA) is 82.9 Å². The number of H-pyrrole nitrogens is 1. The molecule has 2 aromatic heterocycles. The van der Waals surface area contributed by atoms with Gasteiger partial charge in [-0.15, -0.1) is 0 Å². The van der Waals surface area contributed by atoms with Crippen LogP contribution < -0.4 is 16.0 Å². The molecule has 2 aromatic rings. The number of aryl methyl sites for hydroxylation is 1. The van der Waals surface area contributed by atoms with Crippen molar-refractivity contribution in [3.8, 4) is 11.4 Å². The summed E-state index contributed by atoms with van der Waals surface area (Å²) >= 11 is 0. The summed E-state index contributed by atoms with van der Waals surface area (Å²) in [5.74, 6) is 0.541. The predicted molar refractivity (Wildman–Crippen MR) is 80.6 cm³/mol. The Morgan fingerprint density at radius 2 is 2.30 bits per heavy atom. The lowest BCUT2D eigenvalue weighted by Crippen LogP contribution is -2.29. The van der Waals surface area contributed by atoms with Gasteiger partial charge < -0.3 is 16.0 Å². The highest BCUT2D eigenvalue weighted by molar-refractivity contribution is 5.67. The normalized spacial score (nSPS) is 18.7. The van der Waals surface area contributed by atoms with Crippen LogP contribution >= 0.6 is 0 Å². The third-order valence-electron chi connectivity index (χ3n) is 3.88. The molecule has 0 bridgehead atoms. The molecule has 0 aliphatic carbocycles. The van der Waals surface area contributed by atoms with E-state index in [0.717, 1.165) is 42.1 Å². The van der Waals surface area contributed by atoms with Crippen molar-refractivity contribution < 1.29 is 0 Å². The van der Waals surface area contributed by atoms with Crippen molar-refractivity contribution in [2.45, 2.75) is 19.4 Å². The molecule has 1 saturated heterocycles. The van der Waals surface area contributed by atoms with Crippen LogP contribution in [-0.2, 0) is 0 Å². The maximum absolute atomic E-state index is 5.96. The Morgan fingerprint density at radius 3 is 2.95 bits per heavy atom. The van der Waals surface area contributed by atoms with Crippen molar-refractivity contribution >= 4 is 11.5 Å². The highest BCUT2D eigenvalue weighted by Gasteiger charge is 2.22. The van der Waals surface area contributed by atoms with Gasteiger partial charge in [0.1, 0.15) is 5.82 Å². The zero-order chi connectivity index (χ0) is 14.1. The van der Waals surface area contributed by atoms with E-state index in [1.165, 1.54) is 0 Å². The molecule has 6 nitrogen and oxygen atoms in total. The van der Waals surface area contributed by atoms with E-state index in [-0.39, 0.29) is 0 Å². The van der Waals surface area contributed by atoms with Gasteiger partial charge in [0.05, 0.1) is 17.6 Å². The average molecular weight is 272 g/mol. The van der Waals surface area contributed by atoms with Gasteiger partial charge in [0.15, 0.2) is 0 Å². The molecule has 1 aliphatic rings. The molecule has 0 saturated carbocycles. The first-order valence-electron chi connectivity index (χ1n) is 6.87. The van der Waals surface area contributed by atoms with Gasteiger partial charge in [-0.2, -0.15) is 5.10 Å². The highest BCUT2D eigenvalue weighted by atomic mass is 15.2. The SMILES string of the molecule is CN[C@@H]1CCN(c2cc(N)nc(-c3[nH]ncc3C)c2)C1. The van der Waals surface area contributed by atoms with Crippen molar-refractivity contribution in [1.82, 2.24) is 20.5 Å². The van der Waals surface area contributed by atoms with E-state index in [1.807, 2.05) is 20.0 Å². The second-order valence-corrected chi connectivity index (χ2v) is 5.28. The quantitative estimate of drug-likeness (QED) is 0.781. The van der Waals surface area contributed by atoms with Crippen LogP contribution in [0.3, 0.4) is 0 Å². The summed E-state index contributed by atoms with van der Waals surface area (Å²) in [6.45, 7) is 4.05. The van der Waals surface area contributed by atoms with Crippen LogP contribution in [-0.4, -0.2) is 41.4 Å². The zero-order valence-corrected chi connectivity index (χ0v) is 11.8. The van der Waals surface area contributed by atoms with Crippen molar-refractivity contribution in [3.05, 3.63) is 23.9 Å². The molecular weight excluding hydrogens is 252 g/mol. The minimum absolute atomic E-state index is 0.541. The van der Waals surface area contributed by atoms with Gasteiger partial charge in [-0.3, -0.25) is 5.10 Å². The molecule has 1 atom stereocenters. The van der Waals surface area contributed by atoms with E-state index in [1.54, 1.807) is 6.20 Å². The molecule has 1 aliphatic heterocycles. The molecule has 0 amide bonds. The van der Waals surface area contributed by atoms with Crippen LogP contribution in [0, 0.1) is 6.92 Å². The van der Waals surface area contributed by atoms with Crippen LogP contribution in [0.2, 0.25) is 0 Å². The third-order valence-corrected chi connectivity index (χ3v) is 3.88. The second kappa shape index (κ2) is 5.13. The summed E-state index contributed by atoms with van der Waals surface area (Å²) in [5.41, 5.74) is 9.94. The Hall–Kier alpha value is -2.08. The van der Waals surface area contributed by atoms with E-state index >= 15 is 0 Å². The Balaban J connectivity index is 1.93. The number of hydrogen-bond donors (Lipinski definition) is 3. The first-order chi connectivity index (χ1) is 9.67. The lowest BCUT2D eigenvalue weighted by atomic mass is 10.2. The fourth-order valence-corrected chi connectivity index (χ4v) is 2.68. The molecule has 0 radical (unpaired) electrons. The van der Waals surface area contributed by atoms with Crippen molar-refractivity contribution in [2.75, 3.05) is 30.8 Å². The fourth-order valence-electron chi connectivity index (χ4n) is 2.68. The molecule has 6 heteroatoms. The summed E-state index contributed by atoms with van der Waals surface area (Å²) in [6.07, 6.45) is 2.95. The third kappa shape index (κ3) is 2.34. The van der Waals surface area contributed by atoms with Crippen LogP contribution in [0.5, 0.6) is 0 Å². The van der Waals surface area contributed by atoms with E-state index in [9.17, 15) is 0 Å². The molecule has 106 valence electrons. The number of anilines is 2. The summed E-state index contributed by atoms with van der Waals surface area (Å²) < 4.78 is 0. The number of rotatable bonds is 3. The number of pyridine rings is 1. The Bertz CT molecular complexity index is 605.